The van der Waals surface area contributed by atoms with E-state index in [9.17, 15) is 0 Å². The van der Waals surface area contributed by atoms with Crippen molar-refractivity contribution in [2.45, 2.75) is 45.3 Å². The van der Waals surface area contributed by atoms with E-state index in [1.807, 2.05) is 18.3 Å². The first-order chi connectivity index (χ1) is 8.88. The van der Waals surface area contributed by atoms with Crippen LogP contribution in [0.15, 0.2) is 30.5 Å². The van der Waals surface area contributed by atoms with E-state index in [1.54, 1.807) is 0 Å². The van der Waals surface area contributed by atoms with Gasteiger partial charge >= 0.3 is 0 Å². The van der Waals surface area contributed by atoms with Crippen molar-refractivity contribution in [1.82, 2.24) is 10.3 Å². The van der Waals surface area contributed by atoms with Crippen molar-refractivity contribution < 1.29 is 4.74 Å². The lowest BCUT2D eigenvalue weighted by atomic mass is 10.1. The van der Waals surface area contributed by atoms with Crippen molar-refractivity contribution in [3.63, 3.8) is 0 Å². The Labute approximate surface area is 109 Å². The summed E-state index contributed by atoms with van der Waals surface area (Å²) in [6, 6.07) is 4.04. The molecule has 98 valence electrons. The lowest BCUT2D eigenvalue weighted by Gasteiger charge is -2.18. The molecule has 3 heteroatoms. The summed E-state index contributed by atoms with van der Waals surface area (Å²) >= 11 is 0. The van der Waals surface area contributed by atoms with Gasteiger partial charge in [-0.05, 0) is 50.4 Å². The normalized spacial score (nSPS) is 18.8. The molecule has 0 saturated carbocycles. The van der Waals surface area contributed by atoms with Crippen LogP contribution in [-0.4, -0.2) is 17.6 Å². The van der Waals surface area contributed by atoms with Crippen molar-refractivity contribution >= 4 is 0 Å². The van der Waals surface area contributed by atoms with E-state index in [1.165, 1.54) is 12.8 Å². The van der Waals surface area contributed by atoms with Crippen molar-refractivity contribution in [2.75, 3.05) is 6.54 Å². The third kappa shape index (κ3) is 4.15. The number of pyridine rings is 1. The van der Waals surface area contributed by atoms with E-state index in [0.717, 1.165) is 37.4 Å². The monoisotopic (exact) mass is 246 g/mol. The SMILES string of the molecule is CCCNCc1ccc(OC2C=CCCC2)cn1. The van der Waals surface area contributed by atoms with Crippen LogP contribution in [0, 0.1) is 0 Å². The van der Waals surface area contributed by atoms with E-state index in [0.29, 0.717) is 0 Å². The van der Waals surface area contributed by atoms with Gasteiger partial charge in [0.2, 0.25) is 0 Å². The van der Waals surface area contributed by atoms with Crippen LogP contribution in [0.5, 0.6) is 5.75 Å². The molecule has 1 atom stereocenters. The Morgan fingerprint density at radius 3 is 3.06 bits per heavy atom. The predicted octanol–water partition coefficient (Wildman–Crippen LogP) is 3.07. The molecule has 0 bridgehead atoms. The van der Waals surface area contributed by atoms with E-state index in [-0.39, 0.29) is 6.10 Å². The van der Waals surface area contributed by atoms with Crippen molar-refractivity contribution in [3.05, 3.63) is 36.2 Å². The molecular formula is C15H22N2O. The molecule has 0 spiro atoms. The molecule has 1 aromatic rings. The highest BCUT2D eigenvalue weighted by Gasteiger charge is 2.09. The lowest BCUT2D eigenvalue weighted by molar-refractivity contribution is 0.229. The average Bonchev–Trinajstić information content (AvgIpc) is 2.42. The van der Waals surface area contributed by atoms with Crippen LogP contribution in [0.25, 0.3) is 0 Å². The van der Waals surface area contributed by atoms with Crippen LogP contribution in [-0.2, 0) is 6.54 Å². The molecule has 0 fully saturated rings. The van der Waals surface area contributed by atoms with Crippen molar-refractivity contribution in [2.24, 2.45) is 0 Å². The zero-order valence-corrected chi connectivity index (χ0v) is 11.1. The van der Waals surface area contributed by atoms with Gasteiger partial charge in [0.1, 0.15) is 11.9 Å². The van der Waals surface area contributed by atoms with Gasteiger partial charge in [0.25, 0.3) is 0 Å². The van der Waals surface area contributed by atoms with Gasteiger partial charge in [-0.1, -0.05) is 13.0 Å². The fourth-order valence-electron chi connectivity index (χ4n) is 2.03. The second kappa shape index (κ2) is 7.17. The molecule has 1 heterocycles. The number of nitrogens with one attached hydrogen (secondary N) is 1. The molecular weight excluding hydrogens is 224 g/mol. The molecule has 1 unspecified atom stereocenters. The largest absolute Gasteiger partial charge is 0.485 e. The van der Waals surface area contributed by atoms with Crippen LogP contribution in [0.2, 0.25) is 0 Å². The van der Waals surface area contributed by atoms with Crippen LogP contribution < -0.4 is 10.1 Å². The lowest BCUT2D eigenvalue weighted by Crippen LogP contribution is -2.16. The maximum absolute atomic E-state index is 5.87. The van der Waals surface area contributed by atoms with E-state index in [2.05, 4.69) is 29.4 Å². The Hall–Kier alpha value is -1.35. The Morgan fingerprint density at radius 2 is 2.39 bits per heavy atom. The second-order valence-corrected chi connectivity index (χ2v) is 4.68. The Bertz CT molecular complexity index is 373. The highest BCUT2D eigenvalue weighted by Crippen LogP contribution is 2.18. The molecule has 0 aliphatic heterocycles. The van der Waals surface area contributed by atoms with Gasteiger partial charge in [0, 0.05) is 6.54 Å². The summed E-state index contributed by atoms with van der Waals surface area (Å²) in [6.45, 7) is 4.03. The molecule has 1 aromatic heterocycles. The number of hydrogen-bond donors (Lipinski definition) is 1. The average molecular weight is 246 g/mol. The summed E-state index contributed by atoms with van der Waals surface area (Å²) in [6.07, 6.45) is 11.1. The van der Waals surface area contributed by atoms with Gasteiger partial charge in [0.15, 0.2) is 0 Å². The second-order valence-electron chi connectivity index (χ2n) is 4.68. The van der Waals surface area contributed by atoms with Gasteiger partial charge in [-0.3, -0.25) is 4.98 Å². The molecule has 1 aliphatic rings. The highest BCUT2D eigenvalue weighted by molar-refractivity contribution is 5.21. The third-order valence-electron chi connectivity index (χ3n) is 3.03. The maximum atomic E-state index is 5.87. The number of allylic oxidation sites excluding steroid dienone is 1. The third-order valence-corrected chi connectivity index (χ3v) is 3.03. The summed E-state index contributed by atoms with van der Waals surface area (Å²) in [5.74, 6) is 0.866. The molecule has 1 N–H and O–H groups in total. The molecule has 1 aliphatic carbocycles. The van der Waals surface area contributed by atoms with E-state index < -0.39 is 0 Å². The minimum absolute atomic E-state index is 0.226. The first-order valence-electron chi connectivity index (χ1n) is 6.87. The minimum atomic E-state index is 0.226. The maximum Gasteiger partial charge on any atom is 0.138 e. The van der Waals surface area contributed by atoms with Gasteiger partial charge in [-0.15, -0.1) is 0 Å². The Kier molecular flexibility index (Phi) is 5.21. The molecule has 2 rings (SSSR count). The van der Waals surface area contributed by atoms with Crippen LogP contribution in [0.1, 0.15) is 38.3 Å². The number of rotatable bonds is 6. The van der Waals surface area contributed by atoms with E-state index in [4.69, 9.17) is 4.74 Å². The Morgan fingerprint density at radius 1 is 1.44 bits per heavy atom. The number of ether oxygens (including phenoxy) is 1. The van der Waals surface area contributed by atoms with Crippen LogP contribution in [0.3, 0.4) is 0 Å². The van der Waals surface area contributed by atoms with Gasteiger partial charge in [-0.2, -0.15) is 0 Å². The zero-order chi connectivity index (χ0) is 12.6. The molecule has 0 saturated heterocycles. The Balaban J connectivity index is 1.83. The number of aromatic nitrogens is 1. The summed E-state index contributed by atoms with van der Waals surface area (Å²) in [5.41, 5.74) is 1.06. The van der Waals surface area contributed by atoms with Gasteiger partial charge in [0.05, 0.1) is 11.9 Å². The number of nitrogens with zero attached hydrogens (tertiary/aromatic N) is 1. The minimum Gasteiger partial charge on any atom is -0.485 e. The smallest absolute Gasteiger partial charge is 0.138 e. The topological polar surface area (TPSA) is 34.1 Å². The zero-order valence-electron chi connectivity index (χ0n) is 11.1. The summed E-state index contributed by atoms with van der Waals surface area (Å²) in [7, 11) is 0. The summed E-state index contributed by atoms with van der Waals surface area (Å²) in [5, 5.41) is 3.34. The van der Waals surface area contributed by atoms with E-state index >= 15 is 0 Å². The fraction of sp³-hybridized carbons (Fsp3) is 0.533. The molecule has 3 nitrogen and oxygen atoms in total. The summed E-state index contributed by atoms with van der Waals surface area (Å²) < 4.78 is 5.87. The molecule has 18 heavy (non-hydrogen) atoms. The van der Waals surface area contributed by atoms with Crippen molar-refractivity contribution in [1.29, 1.82) is 0 Å². The molecule has 0 amide bonds. The fourth-order valence-corrected chi connectivity index (χ4v) is 2.03. The van der Waals surface area contributed by atoms with Crippen LogP contribution >= 0.6 is 0 Å². The van der Waals surface area contributed by atoms with Gasteiger partial charge < -0.3 is 10.1 Å². The number of hydrogen-bond acceptors (Lipinski definition) is 3. The first-order valence-corrected chi connectivity index (χ1v) is 6.87. The first kappa shape index (κ1) is 13.1. The summed E-state index contributed by atoms with van der Waals surface area (Å²) in [4.78, 5) is 4.40. The molecule has 0 aromatic carbocycles. The predicted molar refractivity (Wildman–Crippen MR) is 73.6 cm³/mol. The standard InChI is InChI=1S/C15H22N2O/c1-2-10-16-11-13-8-9-15(12-17-13)18-14-6-4-3-5-7-14/h4,6,8-9,12,14,16H,2-3,5,7,10-11H2,1H3. The van der Waals surface area contributed by atoms with Crippen molar-refractivity contribution in [3.8, 4) is 5.75 Å². The van der Waals surface area contributed by atoms with Gasteiger partial charge in [-0.25, -0.2) is 0 Å². The highest BCUT2D eigenvalue weighted by atomic mass is 16.5. The molecule has 0 radical (unpaired) electrons. The van der Waals surface area contributed by atoms with Crippen LogP contribution in [0.4, 0.5) is 0 Å². The quantitative estimate of drug-likeness (QED) is 0.618.